The van der Waals surface area contributed by atoms with Gasteiger partial charge in [0, 0.05) is 42.2 Å². The van der Waals surface area contributed by atoms with Crippen molar-refractivity contribution in [1.82, 2.24) is 0 Å². The maximum atomic E-state index is 13.9. The first-order valence-corrected chi connectivity index (χ1v) is 12.7. The van der Waals surface area contributed by atoms with E-state index in [4.69, 9.17) is 4.42 Å². The maximum absolute atomic E-state index is 13.9. The number of nitrogens with zero attached hydrogens (tertiary/aromatic N) is 2. The van der Waals surface area contributed by atoms with Crippen molar-refractivity contribution in [2.45, 2.75) is 57.4 Å². The first-order chi connectivity index (χ1) is 18.0. The van der Waals surface area contributed by atoms with E-state index in [1.807, 2.05) is 36.4 Å². The van der Waals surface area contributed by atoms with Crippen molar-refractivity contribution >= 4 is 28.8 Å². The smallest absolute Gasteiger partial charge is 0.269 e. The van der Waals surface area contributed by atoms with Crippen LogP contribution in [0.25, 0.3) is 0 Å². The molecule has 0 saturated carbocycles. The summed E-state index contributed by atoms with van der Waals surface area (Å²) in [6.07, 6.45) is 5.28. The predicted octanol–water partition coefficient (Wildman–Crippen LogP) is 6.67. The van der Waals surface area contributed by atoms with Gasteiger partial charge in [-0.25, -0.2) is 0 Å². The van der Waals surface area contributed by atoms with Crippen molar-refractivity contribution in [3.63, 3.8) is 0 Å². The molecule has 5 rings (SSSR count). The van der Waals surface area contributed by atoms with E-state index in [9.17, 15) is 19.7 Å². The molecule has 2 heterocycles. The van der Waals surface area contributed by atoms with E-state index in [2.05, 4.69) is 12.2 Å². The van der Waals surface area contributed by atoms with Crippen LogP contribution in [0.1, 0.15) is 68.7 Å². The van der Waals surface area contributed by atoms with Gasteiger partial charge in [-0.1, -0.05) is 44.0 Å². The standard InChI is InChI=1S/C29H29N3O5/c1-2-3-4-14-27(34)31-24-12-6-5-11-22(24)30-23-17-20(26-13-8-15-37-26)18-25(33)28(23)29(31)19-9-7-10-21(16-19)32(35)36/h5-13,15-16,20,29-30H,2-4,14,17-18H2,1H3/t20-,29+/m0/s1. The highest BCUT2D eigenvalue weighted by Gasteiger charge is 2.42. The molecule has 1 N–H and O–H groups in total. The Labute approximate surface area is 215 Å². The number of para-hydroxylation sites is 2. The topological polar surface area (TPSA) is 106 Å². The molecule has 1 aliphatic carbocycles. The summed E-state index contributed by atoms with van der Waals surface area (Å²) in [6, 6.07) is 16.6. The van der Waals surface area contributed by atoms with Gasteiger partial charge in [0.15, 0.2) is 5.78 Å². The fourth-order valence-electron chi connectivity index (χ4n) is 5.36. The Balaban J connectivity index is 1.69. The van der Waals surface area contributed by atoms with E-state index in [1.165, 1.54) is 12.1 Å². The minimum absolute atomic E-state index is 0.0831. The molecule has 1 aromatic heterocycles. The third-order valence-corrected chi connectivity index (χ3v) is 7.09. The Morgan fingerprint density at radius 3 is 2.70 bits per heavy atom. The van der Waals surface area contributed by atoms with Gasteiger partial charge in [0.05, 0.1) is 28.6 Å². The molecule has 0 fully saturated rings. The Hall–Kier alpha value is -4.20. The molecule has 8 heteroatoms. The number of carbonyl (C=O) groups is 2. The van der Waals surface area contributed by atoms with Gasteiger partial charge in [0.2, 0.25) is 5.91 Å². The summed E-state index contributed by atoms with van der Waals surface area (Å²) in [7, 11) is 0. The number of carbonyl (C=O) groups excluding carboxylic acids is 2. The van der Waals surface area contributed by atoms with E-state index in [0.717, 1.165) is 30.7 Å². The number of ketones is 1. The molecular formula is C29H29N3O5. The number of fused-ring (bicyclic) bond motifs is 1. The highest BCUT2D eigenvalue weighted by Crippen LogP contribution is 2.48. The van der Waals surface area contributed by atoms with Crippen LogP contribution in [0.2, 0.25) is 0 Å². The fraction of sp³-hybridized carbons (Fsp3) is 0.310. The van der Waals surface area contributed by atoms with Crippen LogP contribution in [0, 0.1) is 10.1 Å². The fourth-order valence-corrected chi connectivity index (χ4v) is 5.36. The number of allylic oxidation sites excluding steroid dienone is 1. The highest BCUT2D eigenvalue weighted by atomic mass is 16.6. The molecule has 190 valence electrons. The molecule has 8 nitrogen and oxygen atoms in total. The quantitative estimate of drug-likeness (QED) is 0.221. The molecule has 0 radical (unpaired) electrons. The minimum atomic E-state index is -0.787. The number of hydrogen-bond donors (Lipinski definition) is 1. The second-order valence-electron chi connectivity index (χ2n) is 9.55. The zero-order valence-electron chi connectivity index (χ0n) is 20.7. The number of anilines is 2. The highest BCUT2D eigenvalue weighted by molar-refractivity contribution is 6.06. The number of nitro groups is 1. The lowest BCUT2D eigenvalue weighted by molar-refractivity contribution is -0.384. The summed E-state index contributed by atoms with van der Waals surface area (Å²) in [4.78, 5) is 40.6. The van der Waals surface area contributed by atoms with Gasteiger partial charge in [0.1, 0.15) is 5.76 Å². The normalized spacial score (nSPS) is 19.1. The van der Waals surface area contributed by atoms with Crippen LogP contribution in [-0.2, 0) is 9.59 Å². The van der Waals surface area contributed by atoms with Crippen molar-refractivity contribution in [2.75, 3.05) is 10.2 Å². The monoisotopic (exact) mass is 499 g/mol. The molecule has 1 amide bonds. The van der Waals surface area contributed by atoms with Gasteiger partial charge >= 0.3 is 0 Å². The van der Waals surface area contributed by atoms with Gasteiger partial charge in [-0.3, -0.25) is 24.6 Å². The van der Waals surface area contributed by atoms with E-state index in [-0.39, 0.29) is 29.7 Å². The van der Waals surface area contributed by atoms with Crippen molar-refractivity contribution in [3.05, 3.63) is 99.6 Å². The summed E-state index contributed by atoms with van der Waals surface area (Å²) >= 11 is 0. The Morgan fingerprint density at radius 1 is 1.11 bits per heavy atom. The number of furan rings is 1. The molecule has 0 saturated heterocycles. The van der Waals surface area contributed by atoms with Crippen LogP contribution >= 0.6 is 0 Å². The number of hydrogen-bond acceptors (Lipinski definition) is 6. The van der Waals surface area contributed by atoms with Crippen LogP contribution in [-0.4, -0.2) is 16.6 Å². The maximum Gasteiger partial charge on any atom is 0.269 e. The number of unbranched alkanes of at least 4 members (excludes halogenated alkanes) is 2. The van der Waals surface area contributed by atoms with E-state index >= 15 is 0 Å². The van der Waals surface area contributed by atoms with Crippen LogP contribution in [0.4, 0.5) is 17.1 Å². The molecular weight excluding hydrogens is 470 g/mol. The second kappa shape index (κ2) is 10.4. The van der Waals surface area contributed by atoms with Crippen LogP contribution in [0.3, 0.4) is 0 Å². The Morgan fingerprint density at radius 2 is 1.95 bits per heavy atom. The van der Waals surface area contributed by atoms with Crippen molar-refractivity contribution in [1.29, 1.82) is 0 Å². The lowest BCUT2D eigenvalue weighted by Crippen LogP contribution is -2.38. The van der Waals surface area contributed by atoms with Crippen molar-refractivity contribution < 1.29 is 18.9 Å². The summed E-state index contributed by atoms with van der Waals surface area (Å²) in [5.41, 5.74) is 3.01. The first-order valence-electron chi connectivity index (χ1n) is 12.7. The van der Waals surface area contributed by atoms with E-state index in [0.29, 0.717) is 35.4 Å². The third-order valence-electron chi connectivity index (χ3n) is 7.09. The van der Waals surface area contributed by atoms with Gasteiger partial charge in [-0.2, -0.15) is 0 Å². The number of non-ortho nitro benzene ring substituents is 1. The number of benzene rings is 2. The van der Waals surface area contributed by atoms with Crippen LogP contribution < -0.4 is 10.2 Å². The molecule has 0 spiro atoms. The van der Waals surface area contributed by atoms with Gasteiger partial charge in [-0.05, 0) is 42.7 Å². The summed E-state index contributed by atoms with van der Waals surface area (Å²) in [5, 5.41) is 15.1. The van der Waals surface area contributed by atoms with Crippen molar-refractivity contribution in [3.8, 4) is 0 Å². The van der Waals surface area contributed by atoms with Crippen molar-refractivity contribution in [2.24, 2.45) is 0 Å². The minimum Gasteiger partial charge on any atom is -0.469 e. The van der Waals surface area contributed by atoms with E-state index < -0.39 is 11.0 Å². The zero-order chi connectivity index (χ0) is 25.9. The van der Waals surface area contributed by atoms with E-state index in [1.54, 1.807) is 23.3 Å². The Kier molecular flexibility index (Phi) is 6.90. The van der Waals surface area contributed by atoms with Crippen LogP contribution in [0.15, 0.2) is 82.6 Å². The average molecular weight is 500 g/mol. The summed E-state index contributed by atoms with van der Waals surface area (Å²) in [5.74, 6) is 0.372. The molecule has 2 atom stereocenters. The number of Topliss-reactive ketones (excluding diaryl/α,β-unsaturated/α-hetero) is 1. The number of nitro benzene ring substituents is 1. The summed E-state index contributed by atoms with van der Waals surface area (Å²) < 4.78 is 5.63. The lowest BCUT2D eigenvalue weighted by atomic mass is 9.80. The molecule has 0 unspecified atom stereocenters. The molecule has 2 aliphatic rings. The van der Waals surface area contributed by atoms with Gasteiger partial charge in [0.25, 0.3) is 5.69 Å². The largest absolute Gasteiger partial charge is 0.469 e. The third kappa shape index (κ3) is 4.79. The first kappa shape index (κ1) is 24.5. The number of nitrogens with one attached hydrogen (secondary N) is 1. The number of rotatable bonds is 7. The molecule has 37 heavy (non-hydrogen) atoms. The number of amides is 1. The van der Waals surface area contributed by atoms with Gasteiger partial charge in [-0.15, -0.1) is 0 Å². The zero-order valence-corrected chi connectivity index (χ0v) is 20.7. The molecule has 1 aliphatic heterocycles. The Bertz CT molecular complexity index is 1360. The molecule has 3 aromatic rings. The average Bonchev–Trinajstić information content (AvgIpc) is 3.39. The van der Waals surface area contributed by atoms with Crippen LogP contribution in [0.5, 0.6) is 0 Å². The summed E-state index contributed by atoms with van der Waals surface area (Å²) in [6.45, 7) is 2.08. The lowest BCUT2D eigenvalue weighted by Gasteiger charge is -2.35. The van der Waals surface area contributed by atoms with Gasteiger partial charge < -0.3 is 9.73 Å². The molecule has 0 bridgehead atoms. The second-order valence-corrected chi connectivity index (χ2v) is 9.55. The molecule has 2 aromatic carbocycles. The predicted molar refractivity (Wildman–Crippen MR) is 140 cm³/mol. The SMILES string of the molecule is CCCCCC(=O)N1c2ccccc2NC2=C(C(=O)C[C@@H](c3ccco3)C2)[C@H]1c1cccc([N+](=O)[O-])c1.